The highest BCUT2D eigenvalue weighted by Gasteiger charge is 2.15. The van der Waals surface area contributed by atoms with Crippen LogP contribution in [0.5, 0.6) is 0 Å². The molecular weight excluding hydrogens is 222 g/mol. The zero-order valence-electron chi connectivity index (χ0n) is 12.0. The molecule has 1 rings (SSSR count). The average molecular weight is 245 g/mol. The molecular formula is C15H23N3. The highest BCUT2D eigenvalue weighted by Crippen LogP contribution is 2.19. The smallest absolute Gasteiger partial charge is 0.101 e. The van der Waals surface area contributed by atoms with Crippen molar-refractivity contribution in [3.63, 3.8) is 0 Å². The van der Waals surface area contributed by atoms with Crippen LogP contribution in [0.1, 0.15) is 25.0 Å². The molecule has 0 amide bonds. The van der Waals surface area contributed by atoms with E-state index in [0.717, 1.165) is 12.2 Å². The van der Waals surface area contributed by atoms with Crippen LogP contribution in [-0.2, 0) is 0 Å². The summed E-state index contributed by atoms with van der Waals surface area (Å²) in [6, 6.07) is 8.48. The van der Waals surface area contributed by atoms with Crippen LogP contribution >= 0.6 is 0 Å². The number of aryl methyl sites for hydroxylation is 1. The van der Waals surface area contributed by atoms with Gasteiger partial charge < -0.3 is 10.2 Å². The van der Waals surface area contributed by atoms with Crippen LogP contribution in [0.4, 0.5) is 5.69 Å². The van der Waals surface area contributed by atoms with E-state index in [2.05, 4.69) is 44.2 Å². The molecule has 3 heteroatoms. The molecule has 0 saturated carbocycles. The maximum Gasteiger partial charge on any atom is 0.101 e. The molecule has 0 aliphatic rings. The predicted octanol–water partition coefficient (Wildman–Crippen LogP) is 2.86. The first kappa shape index (κ1) is 14.5. The molecule has 0 aliphatic heterocycles. The zero-order valence-corrected chi connectivity index (χ0v) is 12.0. The van der Waals surface area contributed by atoms with E-state index in [4.69, 9.17) is 5.26 Å². The SMILES string of the molecule is Cc1ccc(C#N)c(NC(CN(C)C)C(C)C)c1. The van der Waals surface area contributed by atoms with Crippen molar-refractivity contribution in [3.05, 3.63) is 29.3 Å². The van der Waals surface area contributed by atoms with Crippen molar-refractivity contribution in [3.8, 4) is 6.07 Å². The monoisotopic (exact) mass is 245 g/mol. The molecule has 1 atom stereocenters. The van der Waals surface area contributed by atoms with Gasteiger partial charge in [-0.25, -0.2) is 0 Å². The largest absolute Gasteiger partial charge is 0.380 e. The number of anilines is 1. The summed E-state index contributed by atoms with van der Waals surface area (Å²) >= 11 is 0. The first-order valence-electron chi connectivity index (χ1n) is 6.36. The van der Waals surface area contributed by atoms with Crippen LogP contribution in [0, 0.1) is 24.2 Å². The molecule has 0 bridgehead atoms. The first-order valence-corrected chi connectivity index (χ1v) is 6.36. The molecule has 0 aromatic heterocycles. The molecule has 0 fully saturated rings. The van der Waals surface area contributed by atoms with Gasteiger partial charge >= 0.3 is 0 Å². The Hall–Kier alpha value is -1.53. The topological polar surface area (TPSA) is 39.1 Å². The van der Waals surface area contributed by atoms with E-state index < -0.39 is 0 Å². The van der Waals surface area contributed by atoms with Gasteiger partial charge in [-0.05, 0) is 44.6 Å². The van der Waals surface area contributed by atoms with Gasteiger partial charge in [0.15, 0.2) is 0 Å². The fourth-order valence-electron chi connectivity index (χ4n) is 1.89. The number of hydrogen-bond acceptors (Lipinski definition) is 3. The van der Waals surface area contributed by atoms with Crippen molar-refractivity contribution in [1.82, 2.24) is 4.90 Å². The van der Waals surface area contributed by atoms with E-state index in [1.807, 2.05) is 25.1 Å². The Bertz CT molecular complexity index is 430. The van der Waals surface area contributed by atoms with Gasteiger partial charge in [-0.15, -0.1) is 0 Å². The highest BCUT2D eigenvalue weighted by atomic mass is 15.1. The van der Waals surface area contributed by atoms with Crippen LogP contribution in [-0.4, -0.2) is 31.6 Å². The third kappa shape index (κ3) is 4.05. The molecule has 1 aromatic rings. The molecule has 0 radical (unpaired) electrons. The molecule has 1 N–H and O–H groups in total. The van der Waals surface area contributed by atoms with Crippen molar-refractivity contribution >= 4 is 5.69 Å². The number of benzene rings is 1. The second-order valence-electron chi connectivity index (χ2n) is 5.42. The Morgan fingerprint density at radius 1 is 1.33 bits per heavy atom. The van der Waals surface area contributed by atoms with Gasteiger partial charge in [0.25, 0.3) is 0 Å². The predicted molar refractivity (Wildman–Crippen MR) is 76.7 cm³/mol. The summed E-state index contributed by atoms with van der Waals surface area (Å²) < 4.78 is 0. The number of hydrogen-bond donors (Lipinski definition) is 1. The summed E-state index contributed by atoms with van der Waals surface area (Å²) in [4.78, 5) is 2.17. The Labute approximate surface area is 110 Å². The quantitative estimate of drug-likeness (QED) is 0.867. The van der Waals surface area contributed by atoms with Crippen molar-refractivity contribution in [2.24, 2.45) is 5.92 Å². The van der Waals surface area contributed by atoms with Gasteiger partial charge in [0.2, 0.25) is 0 Å². The highest BCUT2D eigenvalue weighted by molar-refractivity contribution is 5.59. The summed E-state index contributed by atoms with van der Waals surface area (Å²) in [5.41, 5.74) is 2.83. The summed E-state index contributed by atoms with van der Waals surface area (Å²) in [7, 11) is 4.14. The minimum absolute atomic E-state index is 0.342. The third-order valence-electron chi connectivity index (χ3n) is 3.00. The molecule has 1 unspecified atom stereocenters. The fourth-order valence-corrected chi connectivity index (χ4v) is 1.89. The van der Waals surface area contributed by atoms with Crippen LogP contribution in [0.15, 0.2) is 18.2 Å². The van der Waals surface area contributed by atoms with Crippen molar-refractivity contribution in [1.29, 1.82) is 5.26 Å². The zero-order chi connectivity index (χ0) is 13.7. The molecule has 3 nitrogen and oxygen atoms in total. The third-order valence-corrected chi connectivity index (χ3v) is 3.00. The van der Waals surface area contributed by atoms with Crippen molar-refractivity contribution in [2.45, 2.75) is 26.8 Å². The maximum absolute atomic E-state index is 9.14. The maximum atomic E-state index is 9.14. The average Bonchev–Trinajstić information content (AvgIpc) is 2.27. The summed E-state index contributed by atoms with van der Waals surface area (Å²) in [5.74, 6) is 0.513. The Morgan fingerprint density at radius 2 is 2.00 bits per heavy atom. The standard InChI is InChI=1S/C15H23N3/c1-11(2)15(10-18(4)5)17-14-8-12(3)6-7-13(14)9-16/h6-8,11,15,17H,10H2,1-5H3. The lowest BCUT2D eigenvalue weighted by atomic mass is 10.0. The number of nitrogens with one attached hydrogen (secondary N) is 1. The second kappa shape index (κ2) is 6.42. The number of nitriles is 1. The lowest BCUT2D eigenvalue weighted by Gasteiger charge is -2.27. The van der Waals surface area contributed by atoms with Crippen molar-refractivity contribution < 1.29 is 0 Å². The van der Waals surface area contributed by atoms with Gasteiger partial charge in [-0.1, -0.05) is 19.9 Å². The molecule has 1 aromatic carbocycles. The number of rotatable bonds is 5. The van der Waals surface area contributed by atoms with Crippen LogP contribution in [0.25, 0.3) is 0 Å². The second-order valence-corrected chi connectivity index (χ2v) is 5.42. The number of nitrogens with zero attached hydrogens (tertiary/aromatic N) is 2. The first-order chi connectivity index (χ1) is 8.43. The summed E-state index contributed by atoms with van der Waals surface area (Å²) in [6.07, 6.45) is 0. The fraction of sp³-hybridized carbons (Fsp3) is 0.533. The number of likely N-dealkylation sites (N-methyl/N-ethyl adjacent to an activating group) is 1. The van der Waals surface area contributed by atoms with Gasteiger partial charge in [-0.3, -0.25) is 0 Å². The van der Waals surface area contributed by atoms with E-state index in [1.165, 1.54) is 5.56 Å². The van der Waals surface area contributed by atoms with Gasteiger partial charge in [0.05, 0.1) is 11.3 Å². The minimum atomic E-state index is 0.342. The van der Waals surface area contributed by atoms with E-state index in [0.29, 0.717) is 17.5 Å². The van der Waals surface area contributed by atoms with Gasteiger partial charge in [0, 0.05) is 12.6 Å². The van der Waals surface area contributed by atoms with Crippen LogP contribution in [0.2, 0.25) is 0 Å². The van der Waals surface area contributed by atoms with E-state index in [-0.39, 0.29) is 0 Å². The lowest BCUT2D eigenvalue weighted by Crippen LogP contribution is -2.36. The van der Waals surface area contributed by atoms with E-state index in [1.54, 1.807) is 0 Å². The minimum Gasteiger partial charge on any atom is -0.380 e. The van der Waals surface area contributed by atoms with E-state index >= 15 is 0 Å². The Morgan fingerprint density at radius 3 is 2.50 bits per heavy atom. The Kier molecular flexibility index (Phi) is 5.18. The molecule has 0 saturated heterocycles. The lowest BCUT2D eigenvalue weighted by molar-refractivity contribution is 0.344. The van der Waals surface area contributed by atoms with Crippen molar-refractivity contribution in [2.75, 3.05) is 26.0 Å². The molecule has 0 spiro atoms. The van der Waals surface area contributed by atoms with Crippen LogP contribution < -0.4 is 5.32 Å². The molecule has 0 heterocycles. The van der Waals surface area contributed by atoms with Gasteiger partial charge in [-0.2, -0.15) is 5.26 Å². The van der Waals surface area contributed by atoms with E-state index in [9.17, 15) is 0 Å². The Balaban J connectivity index is 2.93. The molecule has 98 valence electrons. The normalized spacial score (nSPS) is 12.6. The van der Waals surface area contributed by atoms with Crippen LogP contribution in [0.3, 0.4) is 0 Å². The molecule has 18 heavy (non-hydrogen) atoms. The van der Waals surface area contributed by atoms with Gasteiger partial charge in [0.1, 0.15) is 6.07 Å². The molecule has 0 aliphatic carbocycles. The summed E-state index contributed by atoms with van der Waals surface area (Å²) in [6.45, 7) is 7.39. The summed E-state index contributed by atoms with van der Waals surface area (Å²) in [5, 5.41) is 12.6.